The van der Waals surface area contributed by atoms with Crippen molar-refractivity contribution >= 4 is 38.2 Å². The third-order valence-electron chi connectivity index (χ3n) is 6.08. The van der Waals surface area contributed by atoms with Crippen LogP contribution < -0.4 is 11.1 Å². The van der Waals surface area contributed by atoms with Crippen LogP contribution in [-0.2, 0) is 16.6 Å². The van der Waals surface area contributed by atoms with Crippen LogP contribution in [0.3, 0.4) is 0 Å². The molecule has 0 bridgehead atoms. The van der Waals surface area contributed by atoms with Crippen LogP contribution in [0.25, 0.3) is 22.0 Å². The van der Waals surface area contributed by atoms with E-state index < -0.39 is 15.9 Å². The molecule has 31 heavy (non-hydrogen) atoms. The molecule has 1 aliphatic heterocycles. The van der Waals surface area contributed by atoms with Gasteiger partial charge < -0.3 is 16.0 Å². The van der Waals surface area contributed by atoms with E-state index in [0.717, 1.165) is 47.0 Å². The van der Waals surface area contributed by atoms with Crippen LogP contribution in [-0.4, -0.2) is 49.5 Å². The summed E-state index contributed by atoms with van der Waals surface area (Å²) in [6.45, 7) is 3.52. The third kappa shape index (κ3) is 4.27. The number of hydrogen-bond acceptors (Lipinski definition) is 5. The van der Waals surface area contributed by atoms with Gasteiger partial charge in [-0.15, -0.1) is 11.3 Å². The average molecular weight is 461 g/mol. The topological polar surface area (TPSA) is 108 Å². The fourth-order valence-electron chi connectivity index (χ4n) is 4.38. The Kier molecular flexibility index (Phi) is 6.20. The summed E-state index contributed by atoms with van der Waals surface area (Å²) in [6.07, 6.45) is 3.47. The van der Waals surface area contributed by atoms with Gasteiger partial charge in [0, 0.05) is 36.1 Å². The smallest absolute Gasteiger partial charge is 0.250 e. The van der Waals surface area contributed by atoms with Crippen molar-refractivity contribution in [1.82, 2.24) is 14.6 Å². The van der Waals surface area contributed by atoms with Crippen molar-refractivity contribution in [3.8, 4) is 11.1 Å². The van der Waals surface area contributed by atoms with Gasteiger partial charge in [-0.05, 0) is 73.0 Å². The van der Waals surface area contributed by atoms with Crippen molar-refractivity contribution < 1.29 is 13.2 Å². The van der Waals surface area contributed by atoms with Gasteiger partial charge in [0.05, 0.1) is 16.8 Å². The number of rotatable bonds is 7. The number of nitrogens with two attached hydrogens (primary N) is 1. The highest BCUT2D eigenvalue weighted by Crippen LogP contribution is 2.37. The second-order valence-electron chi connectivity index (χ2n) is 7.96. The van der Waals surface area contributed by atoms with Crippen LogP contribution >= 0.6 is 11.3 Å². The minimum atomic E-state index is -3.16. The SMILES string of the molecule is CCS(=O)(=O)N1CCC(c2c[nH]c3c(C(N)=O)cc(-c4csc(CNC)c4)cc23)CC1. The van der Waals surface area contributed by atoms with Gasteiger partial charge in [0.1, 0.15) is 0 Å². The summed E-state index contributed by atoms with van der Waals surface area (Å²) in [5, 5.41) is 6.25. The third-order valence-corrected chi connectivity index (χ3v) is 8.90. The zero-order chi connectivity index (χ0) is 22.2. The van der Waals surface area contributed by atoms with Crippen LogP contribution in [0.5, 0.6) is 0 Å². The number of hydrogen-bond donors (Lipinski definition) is 3. The summed E-state index contributed by atoms with van der Waals surface area (Å²) in [4.78, 5) is 16.7. The predicted molar refractivity (Wildman–Crippen MR) is 126 cm³/mol. The maximum atomic E-state index is 12.2. The lowest BCUT2D eigenvalue weighted by atomic mass is 9.88. The number of carbonyl (C=O) groups is 1. The monoisotopic (exact) mass is 460 g/mol. The zero-order valence-electron chi connectivity index (χ0n) is 17.8. The van der Waals surface area contributed by atoms with Crippen molar-refractivity contribution in [1.29, 1.82) is 0 Å². The Balaban J connectivity index is 1.71. The molecule has 2 aromatic heterocycles. The van der Waals surface area contributed by atoms with Gasteiger partial charge in [0.15, 0.2) is 0 Å². The Morgan fingerprint density at radius 1 is 1.26 bits per heavy atom. The van der Waals surface area contributed by atoms with E-state index in [4.69, 9.17) is 5.73 Å². The van der Waals surface area contributed by atoms with Crippen molar-refractivity contribution in [3.05, 3.63) is 45.8 Å². The number of amides is 1. The molecular weight excluding hydrogens is 432 g/mol. The van der Waals surface area contributed by atoms with E-state index >= 15 is 0 Å². The molecule has 0 saturated carbocycles. The summed E-state index contributed by atoms with van der Waals surface area (Å²) in [6, 6.07) is 6.11. The number of sulfonamides is 1. The lowest BCUT2D eigenvalue weighted by Crippen LogP contribution is -2.38. The number of aromatic nitrogens is 1. The highest BCUT2D eigenvalue weighted by molar-refractivity contribution is 7.89. The van der Waals surface area contributed by atoms with E-state index in [1.54, 1.807) is 22.6 Å². The van der Waals surface area contributed by atoms with Gasteiger partial charge in [0.25, 0.3) is 5.91 Å². The van der Waals surface area contributed by atoms with Crippen LogP contribution in [0.15, 0.2) is 29.8 Å². The standard InChI is InChI=1S/C22H28N4O3S2/c1-3-31(28,29)26-6-4-14(5-7-26)20-12-25-21-18(20)9-15(10-19(21)22(23)27)16-8-17(11-24-2)30-13-16/h8-10,12-14,24-25H,3-7,11H2,1-2H3,(H2,23,27). The summed E-state index contributed by atoms with van der Waals surface area (Å²) < 4.78 is 26.0. The molecule has 7 nitrogen and oxygen atoms in total. The first-order valence-corrected chi connectivity index (χ1v) is 13.0. The molecule has 1 fully saturated rings. The van der Waals surface area contributed by atoms with Gasteiger partial charge in [-0.1, -0.05) is 0 Å². The highest BCUT2D eigenvalue weighted by atomic mass is 32.2. The first-order valence-electron chi connectivity index (χ1n) is 10.5. The summed E-state index contributed by atoms with van der Waals surface area (Å²) in [5.74, 6) is -0.100. The number of nitrogens with zero attached hydrogens (tertiary/aromatic N) is 1. The van der Waals surface area contributed by atoms with Crippen molar-refractivity contribution in [2.24, 2.45) is 5.73 Å². The van der Waals surface area contributed by atoms with Gasteiger partial charge in [-0.25, -0.2) is 12.7 Å². The Hall–Kier alpha value is -2.20. The number of benzene rings is 1. The molecule has 0 spiro atoms. The van der Waals surface area contributed by atoms with E-state index in [1.165, 1.54) is 4.88 Å². The normalized spacial score (nSPS) is 16.2. The minimum Gasteiger partial charge on any atom is -0.366 e. The number of thiophene rings is 1. The van der Waals surface area contributed by atoms with Crippen LogP contribution in [0.1, 0.15) is 46.5 Å². The molecule has 0 unspecified atom stereocenters. The highest BCUT2D eigenvalue weighted by Gasteiger charge is 2.29. The molecule has 9 heteroatoms. The number of primary amides is 1. The Morgan fingerprint density at radius 2 is 2.00 bits per heavy atom. The van der Waals surface area contributed by atoms with Gasteiger partial charge in [-0.2, -0.15) is 0 Å². The average Bonchev–Trinajstić information content (AvgIpc) is 3.40. The van der Waals surface area contributed by atoms with Crippen LogP contribution in [0.4, 0.5) is 0 Å². The Morgan fingerprint density at radius 3 is 2.65 bits per heavy atom. The summed E-state index contributed by atoms with van der Waals surface area (Å²) in [7, 11) is -1.24. The van der Waals surface area contributed by atoms with E-state index in [2.05, 4.69) is 27.8 Å². The first kappa shape index (κ1) is 22.0. The predicted octanol–water partition coefficient (Wildman–Crippen LogP) is 3.24. The molecular formula is C22H28N4O3S2. The number of H-pyrrole nitrogens is 1. The number of fused-ring (bicyclic) bond motifs is 1. The van der Waals surface area contributed by atoms with Gasteiger partial charge in [-0.3, -0.25) is 4.79 Å². The van der Waals surface area contributed by atoms with E-state index in [9.17, 15) is 13.2 Å². The quantitative estimate of drug-likeness (QED) is 0.503. The maximum absolute atomic E-state index is 12.2. The molecule has 1 aromatic carbocycles. The molecule has 1 aliphatic rings. The number of piperidine rings is 1. The van der Waals surface area contributed by atoms with Crippen molar-refractivity contribution in [2.75, 3.05) is 25.9 Å². The molecule has 0 atom stereocenters. The van der Waals surface area contributed by atoms with Crippen molar-refractivity contribution in [2.45, 2.75) is 32.2 Å². The fraction of sp³-hybridized carbons (Fsp3) is 0.409. The second kappa shape index (κ2) is 8.74. The van der Waals surface area contributed by atoms with Gasteiger partial charge in [0.2, 0.25) is 10.0 Å². The summed E-state index contributed by atoms with van der Waals surface area (Å²) in [5.41, 5.74) is 10.1. The molecule has 3 aromatic rings. The van der Waals surface area contributed by atoms with E-state index in [-0.39, 0.29) is 11.7 Å². The fourth-order valence-corrected chi connectivity index (χ4v) is 6.42. The van der Waals surface area contributed by atoms with Crippen molar-refractivity contribution in [3.63, 3.8) is 0 Å². The molecule has 166 valence electrons. The molecule has 4 rings (SSSR count). The molecule has 4 N–H and O–H groups in total. The largest absolute Gasteiger partial charge is 0.366 e. The Bertz CT molecular complexity index is 1200. The Labute approximate surface area is 186 Å². The number of aromatic amines is 1. The van der Waals surface area contributed by atoms with E-state index in [0.29, 0.717) is 18.7 Å². The van der Waals surface area contributed by atoms with Crippen LogP contribution in [0, 0.1) is 0 Å². The maximum Gasteiger partial charge on any atom is 0.250 e. The first-order chi connectivity index (χ1) is 14.8. The number of nitrogens with one attached hydrogen (secondary N) is 2. The molecule has 1 saturated heterocycles. The minimum absolute atomic E-state index is 0.131. The lowest BCUT2D eigenvalue weighted by molar-refractivity contribution is 0.100. The molecule has 1 amide bonds. The summed E-state index contributed by atoms with van der Waals surface area (Å²) >= 11 is 1.68. The molecule has 0 radical (unpaired) electrons. The van der Waals surface area contributed by atoms with E-state index in [1.807, 2.05) is 19.3 Å². The van der Waals surface area contributed by atoms with Gasteiger partial charge >= 0.3 is 0 Å². The number of carbonyl (C=O) groups excluding carboxylic acids is 1. The second-order valence-corrected chi connectivity index (χ2v) is 11.2. The molecule has 0 aliphatic carbocycles. The zero-order valence-corrected chi connectivity index (χ0v) is 19.4. The lowest BCUT2D eigenvalue weighted by Gasteiger charge is -2.31. The molecule has 3 heterocycles. The van der Waals surface area contributed by atoms with Crippen LogP contribution in [0.2, 0.25) is 0 Å².